The summed E-state index contributed by atoms with van der Waals surface area (Å²) in [6, 6.07) is 15.8. The SMILES string of the molecule is CN1C(c2ccccc2)=NC2(O)C(=O)c3ccccc3C12O. The van der Waals surface area contributed by atoms with Crippen molar-refractivity contribution < 1.29 is 15.0 Å². The van der Waals surface area contributed by atoms with E-state index in [0.717, 1.165) is 5.56 Å². The number of Topliss-reactive ketones (excluding diaryl/α,β-unsaturated/α-hetero) is 1. The number of carbonyl (C=O) groups excluding carboxylic acids is 1. The highest BCUT2D eigenvalue weighted by molar-refractivity contribution is 6.13. The van der Waals surface area contributed by atoms with Gasteiger partial charge in [0, 0.05) is 23.7 Å². The third-order valence-electron chi connectivity index (χ3n) is 4.45. The molecule has 1 aliphatic heterocycles. The van der Waals surface area contributed by atoms with Crippen LogP contribution in [-0.2, 0) is 5.72 Å². The van der Waals surface area contributed by atoms with Crippen molar-refractivity contribution >= 4 is 11.6 Å². The molecule has 2 aromatic carbocycles. The van der Waals surface area contributed by atoms with Crippen LogP contribution in [0.1, 0.15) is 21.5 Å². The lowest BCUT2D eigenvalue weighted by Gasteiger charge is -2.35. The summed E-state index contributed by atoms with van der Waals surface area (Å²) in [5.41, 5.74) is -2.69. The Labute approximate surface area is 127 Å². The van der Waals surface area contributed by atoms with Crippen LogP contribution >= 0.6 is 0 Å². The Bertz CT molecular complexity index is 818. The Hall–Kier alpha value is -2.50. The Kier molecular flexibility index (Phi) is 2.41. The summed E-state index contributed by atoms with van der Waals surface area (Å²) in [6.45, 7) is 0. The largest absolute Gasteiger partial charge is 0.363 e. The zero-order chi connectivity index (χ0) is 15.5. The number of hydrogen-bond donors (Lipinski definition) is 2. The van der Waals surface area contributed by atoms with E-state index in [1.54, 1.807) is 31.3 Å². The second-order valence-corrected chi connectivity index (χ2v) is 5.58. The zero-order valence-electron chi connectivity index (χ0n) is 11.9. The average molecular weight is 294 g/mol. The first-order valence-corrected chi connectivity index (χ1v) is 6.98. The molecule has 0 aromatic heterocycles. The molecule has 5 nitrogen and oxygen atoms in total. The van der Waals surface area contributed by atoms with Crippen molar-refractivity contribution in [2.75, 3.05) is 7.05 Å². The first kappa shape index (κ1) is 13.2. The highest BCUT2D eigenvalue weighted by Crippen LogP contribution is 2.50. The second-order valence-electron chi connectivity index (χ2n) is 5.58. The van der Waals surface area contributed by atoms with Gasteiger partial charge in [-0.05, 0) is 0 Å². The number of hydrogen-bond acceptors (Lipinski definition) is 5. The summed E-state index contributed by atoms with van der Waals surface area (Å²) >= 11 is 0. The van der Waals surface area contributed by atoms with Gasteiger partial charge in [0.1, 0.15) is 5.84 Å². The van der Waals surface area contributed by atoms with Gasteiger partial charge in [0.25, 0.3) is 5.72 Å². The van der Waals surface area contributed by atoms with Crippen LogP contribution in [0.25, 0.3) is 0 Å². The molecule has 0 fully saturated rings. The smallest absolute Gasteiger partial charge is 0.276 e. The molecule has 0 saturated heterocycles. The summed E-state index contributed by atoms with van der Waals surface area (Å²) in [4.78, 5) is 18.2. The topological polar surface area (TPSA) is 73.1 Å². The van der Waals surface area contributed by atoms with Crippen molar-refractivity contribution in [2.45, 2.75) is 11.4 Å². The van der Waals surface area contributed by atoms with Crippen LogP contribution in [0.4, 0.5) is 0 Å². The molecule has 0 amide bonds. The fourth-order valence-electron chi connectivity index (χ4n) is 3.29. The molecule has 1 aliphatic carbocycles. The first-order valence-electron chi connectivity index (χ1n) is 6.98. The quantitative estimate of drug-likeness (QED) is 0.826. The molecule has 0 bridgehead atoms. The molecule has 22 heavy (non-hydrogen) atoms. The van der Waals surface area contributed by atoms with Gasteiger partial charge in [-0.2, -0.15) is 0 Å². The number of likely N-dealkylation sites (N-methyl/N-ethyl adjacent to an activating group) is 1. The molecule has 2 atom stereocenters. The Morgan fingerprint density at radius 3 is 2.36 bits per heavy atom. The molecule has 0 spiro atoms. The molecule has 110 valence electrons. The number of ketones is 1. The van der Waals surface area contributed by atoms with Crippen LogP contribution in [0.3, 0.4) is 0 Å². The summed E-state index contributed by atoms with van der Waals surface area (Å²) in [7, 11) is 1.62. The van der Waals surface area contributed by atoms with Gasteiger partial charge in [0.05, 0.1) is 0 Å². The predicted octanol–water partition coefficient (Wildman–Crippen LogP) is 1.11. The lowest BCUT2D eigenvalue weighted by Crippen LogP contribution is -2.55. The van der Waals surface area contributed by atoms with E-state index in [-0.39, 0.29) is 0 Å². The standard InChI is InChI=1S/C17H14N2O3/c1-19-15(11-7-3-2-4-8-11)18-16(21)14(20)12-9-5-6-10-13(12)17(16,19)22/h2-10,21-22H,1H3. The molecule has 1 heterocycles. The van der Waals surface area contributed by atoms with Gasteiger partial charge in [-0.25, -0.2) is 4.99 Å². The lowest BCUT2D eigenvalue weighted by atomic mass is 9.99. The van der Waals surface area contributed by atoms with Crippen molar-refractivity contribution in [1.82, 2.24) is 4.90 Å². The highest BCUT2D eigenvalue weighted by atomic mass is 16.4. The van der Waals surface area contributed by atoms with Gasteiger partial charge in [-0.1, -0.05) is 54.6 Å². The molecular weight excluding hydrogens is 280 g/mol. The van der Waals surface area contributed by atoms with E-state index in [0.29, 0.717) is 17.0 Å². The van der Waals surface area contributed by atoms with Crippen molar-refractivity contribution in [2.24, 2.45) is 4.99 Å². The molecule has 2 unspecified atom stereocenters. The zero-order valence-corrected chi connectivity index (χ0v) is 11.9. The second kappa shape index (κ2) is 4.03. The van der Waals surface area contributed by atoms with Crippen LogP contribution in [0.15, 0.2) is 59.6 Å². The highest BCUT2D eigenvalue weighted by Gasteiger charge is 2.69. The van der Waals surface area contributed by atoms with Crippen LogP contribution < -0.4 is 0 Å². The van der Waals surface area contributed by atoms with E-state index >= 15 is 0 Å². The van der Waals surface area contributed by atoms with Gasteiger partial charge in [-0.3, -0.25) is 4.79 Å². The number of nitrogens with zero attached hydrogens (tertiary/aromatic N) is 2. The Morgan fingerprint density at radius 1 is 1.00 bits per heavy atom. The minimum absolute atomic E-state index is 0.301. The van der Waals surface area contributed by atoms with Crippen molar-refractivity contribution in [1.29, 1.82) is 0 Å². The molecule has 5 heteroatoms. The maximum atomic E-state index is 12.6. The maximum absolute atomic E-state index is 12.6. The fraction of sp³-hybridized carbons (Fsp3) is 0.176. The van der Waals surface area contributed by atoms with E-state index in [1.165, 1.54) is 4.90 Å². The van der Waals surface area contributed by atoms with E-state index in [2.05, 4.69) is 4.99 Å². The van der Waals surface area contributed by atoms with Crippen molar-refractivity contribution in [3.8, 4) is 0 Å². The van der Waals surface area contributed by atoms with E-state index in [1.807, 2.05) is 30.3 Å². The Morgan fingerprint density at radius 2 is 1.64 bits per heavy atom. The van der Waals surface area contributed by atoms with Crippen molar-refractivity contribution in [3.63, 3.8) is 0 Å². The van der Waals surface area contributed by atoms with Crippen LogP contribution in [0.5, 0.6) is 0 Å². The van der Waals surface area contributed by atoms with Gasteiger partial charge in [-0.15, -0.1) is 0 Å². The summed E-state index contributed by atoms with van der Waals surface area (Å²) < 4.78 is 0. The first-order chi connectivity index (χ1) is 10.5. The number of benzene rings is 2. The van der Waals surface area contributed by atoms with Gasteiger partial charge >= 0.3 is 0 Å². The van der Waals surface area contributed by atoms with E-state index in [9.17, 15) is 15.0 Å². The Balaban J connectivity index is 1.95. The minimum atomic E-state index is -2.21. The number of rotatable bonds is 1. The van der Waals surface area contributed by atoms with Crippen LogP contribution in [0.2, 0.25) is 0 Å². The number of amidine groups is 1. The molecular formula is C17H14N2O3. The molecule has 2 aliphatic rings. The lowest BCUT2D eigenvalue weighted by molar-refractivity contribution is -0.165. The van der Waals surface area contributed by atoms with Gasteiger partial charge < -0.3 is 15.1 Å². The minimum Gasteiger partial charge on any atom is -0.363 e. The number of fused-ring (bicyclic) bond motifs is 3. The normalized spacial score (nSPS) is 29.3. The predicted molar refractivity (Wildman–Crippen MR) is 80.4 cm³/mol. The molecule has 0 saturated carbocycles. The van der Waals surface area contributed by atoms with Gasteiger partial charge in [0.2, 0.25) is 11.5 Å². The average Bonchev–Trinajstić information content (AvgIpc) is 2.87. The number of carbonyl (C=O) groups is 1. The maximum Gasteiger partial charge on any atom is 0.276 e. The van der Waals surface area contributed by atoms with Gasteiger partial charge in [0.15, 0.2) is 0 Å². The number of aliphatic hydroxyl groups is 2. The summed E-state index contributed by atoms with van der Waals surface area (Å²) in [5.74, 6) is -0.197. The molecule has 4 rings (SSSR count). The summed E-state index contributed by atoms with van der Waals surface area (Å²) in [5, 5.41) is 22.0. The monoisotopic (exact) mass is 294 g/mol. The van der Waals surface area contributed by atoms with Crippen LogP contribution in [0, 0.1) is 0 Å². The number of aliphatic imine (C=N–C) groups is 1. The molecule has 2 aromatic rings. The fourth-order valence-corrected chi connectivity index (χ4v) is 3.29. The van der Waals surface area contributed by atoms with E-state index in [4.69, 9.17) is 0 Å². The third-order valence-corrected chi connectivity index (χ3v) is 4.45. The van der Waals surface area contributed by atoms with E-state index < -0.39 is 17.2 Å². The van der Waals surface area contributed by atoms with Crippen molar-refractivity contribution in [3.05, 3.63) is 71.3 Å². The van der Waals surface area contributed by atoms with Crippen LogP contribution in [-0.4, -0.2) is 39.5 Å². The summed E-state index contributed by atoms with van der Waals surface area (Å²) in [6.07, 6.45) is 0. The third kappa shape index (κ3) is 1.30. The molecule has 0 radical (unpaired) electrons. The molecule has 2 N–H and O–H groups in total.